The first-order chi connectivity index (χ1) is 14.6. The lowest BCUT2D eigenvalue weighted by atomic mass is 10.2. The summed E-state index contributed by atoms with van der Waals surface area (Å²) in [6.07, 6.45) is 0. The smallest absolute Gasteiger partial charge is 0.297 e. The number of hydrogen-bond acceptors (Lipinski definition) is 4. The van der Waals surface area contributed by atoms with Crippen LogP contribution in [0.1, 0.15) is 5.69 Å². The van der Waals surface area contributed by atoms with E-state index in [1.54, 1.807) is 11.8 Å². The van der Waals surface area contributed by atoms with Crippen LogP contribution in [0.15, 0.2) is 75.8 Å². The highest BCUT2D eigenvalue weighted by Crippen LogP contribution is 2.21. The number of para-hydroxylation sites is 1. The highest BCUT2D eigenvalue weighted by molar-refractivity contribution is 7.07. The highest BCUT2D eigenvalue weighted by Gasteiger charge is 2.16. The number of methoxy groups -OCH3 is 1. The van der Waals surface area contributed by atoms with Crippen molar-refractivity contribution in [3.8, 4) is 16.9 Å². The first kappa shape index (κ1) is 20.1. The Morgan fingerprint density at radius 2 is 1.70 bits per heavy atom. The van der Waals surface area contributed by atoms with Crippen LogP contribution in [0.25, 0.3) is 16.9 Å². The molecule has 30 heavy (non-hydrogen) atoms. The van der Waals surface area contributed by atoms with Crippen LogP contribution in [0.3, 0.4) is 0 Å². The van der Waals surface area contributed by atoms with E-state index >= 15 is 0 Å². The van der Waals surface area contributed by atoms with Crippen LogP contribution in [0.4, 0.5) is 5.69 Å². The lowest BCUT2D eigenvalue weighted by Crippen LogP contribution is -2.21. The van der Waals surface area contributed by atoms with Gasteiger partial charge in [0.25, 0.3) is 5.56 Å². The summed E-state index contributed by atoms with van der Waals surface area (Å²) in [5.41, 5.74) is 4.13. The standard InChI is InChI=1S/C23H24N4O2S/c1-17-21(22(28)27(25(17)2)19-12-8-5-9-13-19)24-23-26(14-15-29-3)20(16-30-23)18-10-6-4-7-11-18/h4-13,16H,14-15H2,1-3H3. The van der Waals surface area contributed by atoms with Crippen molar-refractivity contribution in [2.24, 2.45) is 12.0 Å². The Kier molecular flexibility index (Phi) is 5.83. The van der Waals surface area contributed by atoms with E-state index in [4.69, 9.17) is 9.73 Å². The van der Waals surface area contributed by atoms with Crippen molar-refractivity contribution < 1.29 is 4.74 Å². The zero-order valence-electron chi connectivity index (χ0n) is 17.3. The highest BCUT2D eigenvalue weighted by atomic mass is 32.1. The molecule has 0 atom stereocenters. The normalized spacial score (nSPS) is 11.9. The predicted molar refractivity (Wildman–Crippen MR) is 121 cm³/mol. The average molecular weight is 421 g/mol. The number of benzene rings is 2. The van der Waals surface area contributed by atoms with Gasteiger partial charge < -0.3 is 9.30 Å². The molecule has 0 spiro atoms. The van der Waals surface area contributed by atoms with Crippen molar-refractivity contribution in [1.82, 2.24) is 13.9 Å². The minimum Gasteiger partial charge on any atom is -0.383 e. The van der Waals surface area contributed by atoms with Gasteiger partial charge in [-0.2, -0.15) is 0 Å². The van der Waals surface area contributed by atoms with Gasteiger partial charge in [0.2, 0.25) is 0 Å². The topological polar surface area (TPSA) is 53.4 Å². The van der Waals surface area contributed by atoms with Gasteiger partial charge in [-0.3, -0.25) is 9.48 Å². The molecule has 0 saturated heterocycles. The van der Waals surface area contributed by atoms with Crippen LogP contribution < -0.4 is 10.4 Å². The summed E-state index contributed by atoms with van der Waals surface area (Å²) in [6, 6.07) is 19.8. The Morgan fingerprint density at radius 1 is 1.03 bits per heavy atom. The molecule has 0 aliphatic heterocycles. The molecule has 0 radical (unpaired) electrons. The van der Waals surface area contributed by atoms with E-state index in [0.29, 0.717) is 18.8 Å². The third-order valence-corrected chi connectivity index (χ3v) is 5.98. The fourth-order valence-electron chi connectivity index (χ4n) is 3.44. The van der Waals surface area contributed by atoms with Crippen molar-refractivity contribution in [2.75, 3.05) is 13.7 Å². The van der Waals surface area contributed by atoms with E-state index < -0.39 is 0 Å². The van der Waals surface area contributed by atoms with Gasteiger partial charge in [-0.15, -0.1) is 11.3 Å². The molecule has 2 aromatic heterocycles. The molecule has 0 N–H and O–H groups in total. The molecule has 6 nitrogen and oxygen atoms in total. The number of aromatic nitrogens is 3. The van der Waals surface area contributed by atoms with Gasteiger partial charge >= 0.3 is 0 Å². The molecule has 0 saturated carbocycles. The van der Waals surface area contributed by atoms with Crippen LogP contribution in [-0.4, -0.2) is 27.6 Å². The molecule has 0 fully saturated rings. The second kappa shape index (κ2) is 8.69. The molecular weight excluding hydrogens is 396 g/mol. The number of nitrogens with zero attached hydrogens (tertiary/aromatic N) is 4. The van der Waals surface area contributed by atoms with Crippen molar-refractivity contribution in [2.45, 2.75) is 13.5 Å². The van der Waals surface area contributed by atoms with E-state index in [2.05, 4.69) is 22.1 Å². The number of hydrogen-bond donors (Lipinski definition) is 0. The summed E-state index contributed by atoms with van der Waals surface area (Å²) < 4.78 is 10.9. The second-order valence-electron chi connectivity index (χ2n) is 6.94. The summed E-state index contributed by atoms with van der Waals surface area (Å²) in [5.74, 6) is 0. The van der Waals surface area contributed by atoms with Gasteiger partial charge in [0.1, 0.15) is 0 Å². The Morgan fingerprint density at radius 3 is 2.37 bits per heavy atom. The monoisotopic (exact) mass is 420 g/mol. The van der Waals surface area contributed by atoms with Crippen LogP contribution in [-0.2, 0) is 18.3 Å². The zero-order chi connectivity index (χ0) is 21.1. The number of ether oxygens (including phenoxy) is 1. The zero-order valence-corrected chi connectivity index (χ0v) is 18.1. The molecule has 0 aliphatic carbocycles. The molecule has 0 unspecified atom stereocenters. The van der Waals surface area contributed by atoms with Gasteiger partial charge in [0, 0.05) is 26.1 Å². The van der Waals surface area contributed by atoms with Crippen molar-refractivity contribution in [3.05, 3.63) is 86.9 Å². The molecule has 7 heteroatoms. The molecule has 2 aromatic carbocycles. The van der Waals surface area contributed by atoms with Gasteiger partial charge in [-0.05, 0) is 24.6 Å². The van der Waals surface area contributed by atoms with E-state index in [1.807, 2.05) is 67.2 Å². The van der Waals surface area contributed by atoms with E-state index in [0.717, 1.165) is 27.4 Å². The first-order valence-corrected chi connectivity index (χ1v) is 10.6. The Bertz CT molecular complexity index is 1260. The van der Waals surface area contributed by atoms with Crippen LogP contribution in [0, 0.1) is 6.92 Å². The quantitative estimate of drug-likeness (QED) is 0.475. The summed E-state index contributed by atoms with van der Waals surface area (Å²) >= 11 is 1.53. The maximum atomic E-state index is 13.2. The van der Waals surface area contributed by atoms with Crippen molar-refractivity contribution >= 4 is 17.0 Å². The van der Waals surface area contributed by atoms with Gasteiger partial charge in [0.05, 0.1) is 23.7 Å². The molecular formula is C23H24N4O2S. The lowest BCUT2D eigenvalue weighted by Gasteiger charge is -2.08. The molecule has 0 bridgehead atoms. The minimum absolute atomic E-state index is 0.130. The lowest BCUT2D eigenvalue weighted by molar-refractivity contribution is 0.187. The van der Waals surface area contributed by atoms with Gasteiger partial charge in [-0.25, -0.2) is 9.67 Å². The van der Waals surface area contributed by atoms with Gasteiger partial charge in [-0.1, -0.05) is 48.5 Å². The maximum Gasteiger partial charge on any atom is 0.297 e. The Labute approximate surface area is 178 Å². The number of rotatable bonds is 6. The second-order valence-corrected chi connectivity index (χ2v) is 7.77. The first-order valence-electron chi connectivity index (χ1n) is 9.73. The molecule has 0 aliphatic rings. The van der Waals surface area contributed by atoms with E-state index in [9.17, 15) is 4.79 Å². The fraction of sp³-hybridized carbons (Fsp3) is 0.217. The summed E-state index contributed by atoms with van der Waals surface area (Å²) in [6.45, 7) is 3.14. The third-order valence-electron chi connectivity index (χ3n) is 5.12. The summed E-state index contributed by atoms with van der Waals surface area (Å²) in [5, 5.41) is 2.08. The third kappa shape index (κ3) is 3.69. The average Bonchev–Trinajstić information content (AvgIpc) is 3.27. The van der Waals surface area contributed by atoms with Gasteiger partial charge in [0.15, 0.2) is 10.5 Å². The van der Waals surface area contributed by atoms with Crippen molar-refractivity contribution in [1.29, 1.82) is 0 Å². The van der Waals surface area contributed by atoms with E-state index in [-0.39, 0.29) is 5.56 Å². The largest absolute Gasteiger partial charge is 0.383 e. The SMILES string of the molecule is COCCn1c(-c2ccccc2)csc1=Nc1c(C)n(C)n(-c2ccccc2)c1=O. The minimum atomic E-state index is -0.130. The molecule has 0 amide bonds. The van der Waals surface area contributed by atoms with Crippen LogP contribution in [0.5, 0.6) is 0 Å². The predicted octanol–water partition coefficient (Wildman–Crippen LogP) is 3.89. The Balaban J connectivity index is 1.89. The Hall–Kier alpha value is -3.16. The van der Waals surface area contributed by atoms with Crippen molar-refractivity contribution in [3.63, 3.8) is 0 Å². The summed E-state index contributed by atoms with van der Waals surface area (Å²) in [7, 11) is 3.57. The fourth-order valence-corrected chi connectivity index (χ4v) is 4.38. The van der Waals surface area contributed by atoms with Crippen LogP contribution >= 0.6 is 11.3 Å². The maximum absolute atomic E-state index is 13.2. The molecule has 2 heterocycles. The van der Waals surface area contributed by atoms with Crippen LogP contribution in [0.2, 0.25) is 0 Å². The summed E-state index contributed by atoms with van der Waals surface area (Å²) in [4.78, 5) is 18.8. The molecule has 4 rings (SSSR count). The van der Waals surface area contributed by atoms with E-state index in [1.165, 1.54) is 11.3 Å². The molecule has 154 valence electrons. The number of thiazole rings is 1. The molecule has 4 aromatic rings.